The van der Waals surface area contributed by atoms with Crippen molar-refractivity contribution in [1.82, 2.24) is 24.8 Å². The van der Waals surface area contributed by atoms with Crippen LogP contribution in [0.5, 0.6) is 0 Å². The summed E-state index contributed by atoms with van der Waals surface area (Å²) in [6.07, 6.45) is 1.58. The number of nitrogens with one attached hydrogen (secondary N) is 2. The highest BCUT2D eigenvalue weighted by Gasteiger charge is 2.20. The Balaban J connectivity index is 2.13. The van der Waals surface area contributed by atoms with Crippen LogP contribution in [0.4, 0.5) is 0 Å². The molecule has 20 heavy (non-hydrogen) atoms. The highest BCUT2D eigenvalue weighted by atomic mass is 32.2. The van der Waals surface area contributed by atoms with Gasteiger partial charge in [0.15, 0.2) is 0 Å². The van der Waals surface area contributed by atoms with Gasteiger partial charge in [0, 0.05) is 18.0 Å². The fourth-order valence-electron chi connectivity index (χ4n) is 1.78. The minimum absolute atomic E-state index is 0.130. The van der Waals surface area contributed by atoms with E-state index in [1.807, 2.05) is 6.92 Å². The lowest BCUT2D eigenvalue weighted by Crippen LogP contribution is -2.25. The van der Waals surface area contributed by atoms with Crippen LogP contribution in [-0.4, -0.2) is 30.2 Å². The molecule has 2 N–H and O–H groups in total. The predicted octanol–water partition coefficient (Wildman–Crippen LogP) is 0.557. The zero-order chi connectivity index (χ0) is 14.6. The number of sulfonamides is 1. The van der Waals surface area contributed by atoms with Gasteiger partial charge in [0.1, 0.15) is 12.2 Å². The van der Waals surface area contributed by atoms with Crippen molar-refractivity contribution in [3.05, 3.63) is 28.5 Å². The Bertz CT molecular complexity index is 662. The normalized spacial score (nSPS) is 11.9. The van der Waals surface area contributed by atoms with Gasteiger partial charge in [-0.25, -0.2) is 13.1 Å². The van der Waals surface area contributed by atoms with Crippen LogP contribution < -0.4 is 10.0 Å². The summed E-state index contributed by atoms with van der Waals surface area (Å²) in [4.78, 5) is 1.11. The molecule has 9 heteroatoms. The second kappa shape index (κ2) is 6.44. The summed E-state index contributed by atoms with van der Waals surface area (Å²) in [6, 6.07) is 1.62. The summed E-state index contributed by atoms with van der Waals surface area (Å²) in [5.41, 5.74) is 0. The topological polar surface area (TPSA) is 88.9 Å². The quantitative estimate of drug-likeness (QED) is 0.779. The molecule has 2 heterocycles. The third-order valence-electron chi connectivity index (χ3n) is 2.79. The summed E-state index contributed by atoms with van der Waals surface area (Å²) in [7, 11) is -1.75. The Labute approximate surface area is 122 Å². The molecule has 0 saturated carbocycles. The van der Waals surface area contributed by atoms with Crippen LogP contribution in [0.1, 0.15) is 17.6 Å². The lowest BCUT2D eigenvalue weighted by Gasteiger charge is -2.08. The standard InChI is InChI=1S/C11H17N5O2S2/c1-3-16-8-13-15-11(16)7-14-20(17,18)10-4-5-19-9(10)6-12-2/h4-5,8,12,14H,3,6-7H2,1-2H3. The van der Waals surface area contributed by atoms with E-state index >= 15 is 0 Å². The number of aryl methyl sites for hydroxylation is 1. The third kappa shape index (κ3) is 3.23. The summed E-state index contributed by atoms with van der Waals surface area (Å²) in [6.45, 7) is 3.31. The molecule has 0 spiro atoms. The maximum absolute atomic E-state index is 12.3. The van der Waals surface area contributed by atoms with Gasteiger partial charge in [-0.05, 0) is 25.4 Å². The van der Waals surface area contributed by atoms with Crippen LogP contribution in [0.25, 0.3) is 0 Å². The molecule has 0 bridgehead atoms. The van der Waals surface area contributed by atoms with Crippen molar-refractivity contribution < 1.29 is 8.42 Å². The summed E-state index contributed by atoms with van der Waals surface area (Å²) in [5, 5.41) is 12.4. The third-order valence-corrected chi connectivity index (χ3v) is 5.32. The Morgan fingerprint density at radius 1 is 1.40 bits per heavy atom. The van der Waals surface area contributed by atoms with Gasteiger partial charge in [0.25, 0.3) is 0 Å². The smallest absolute Gasteiger partial charge is 0.242 e. The van der Waals surface area contributed by atoms with Crippen molar-refractivity contribution >= 4 is 21.4 Å². The Morgan fingerprint density at radius 3 is 2.90 bits per heavy atom. The predicted molar refractivity (Wildman–Crippen MR) is 76.8 cm³/mol. The molecule has 0 fully saturated rings. The Hall–Kier alpha value is -1.29. The lowest BCUT2D eigenvalue weighted by molar-refractivity contribution is 0.574. The summed E-state index contributed by atoms with van der Waals surface area (Å²) >= 11 is 1.42. The fraction of sp³-hybridized carbons (Fsp3) is 0.455. The maximum Gasteiger partial charge on any atom is 0.242 e. The van der Waals surface area contributed by atoms with Crippen molar-refractivity contribution in [3.63, 3.8) is 0 Å². The van der Waals surface area contributed by atoms with Crippen molar-refractivity contribution in [1.29, 1.82) is 0 Å². The largest absolute Gasteiger partial charge is 0.317 e. The first kappa shape index (κ1) is 15.1. The zero-order valence-electron chi connectivity index (χ0n) is 11.3. The van der Waals surface area contributed by atoms with Crippen molar-refractivity contribution in [2.75, 3.05) is 7.05 Å². The van der Waals surface area contributed by atoms with Crippen molar-refractivity contribution in [2.24, 2.45) is 0 Å². The molecule has 0 aliphatic carbocycles. The molecular formula is C11H17N5O2S2. The second-order valence-corrected chi connectivity index (χ2v) is 6.83. The van der Waals surface area contributed by atoms with E-state index in [1.165, 1.54) is 11.3 Å². The molecule has 0 aliphatic heterocycles. The van der Waals surface area contributed by atoms with E-state index in [9.17, 15) is 8.42 Å². The first-order valence-corrected chi connectivity index (χ1v) is 8.52. The minimum atomic E-state index is -3.53. The first-order valence-electron chi connectivity index (χ1n) is 6.15. The highest BCUT2D eigenvalue weighted by Crippen LogP contribution is 2.21. The van der Waals surface area contributed by atoms with Gasteiger partial charge < -0.3 is 9.88 Å². The minimum Gasteiger partial charge on any atom is -0.317 e. The molecule has 7 nitrogen and oxygen atoms in total. The van der Waals surface area contributed by atoms with E-state index in [0.717, 1.165) is 4.88 Å². The van der Waals surface area contributed by atoms with Crippen LogP contribution in [-0.2, 0) is 29.7 Å². The second-order valence-electron chi connectivity index (χ2n) is 4.10. The Kier molecular flexibility index (Phi) is 4.86. The van der Waals surface area contributed by atoms with Crippen LogP contribution >= 0.6 is 11.3 Å². The molecule has 0 saturated heterocycles. The highest BCUT2D eigenvalue weighted by molar-refractivity contribution is 7.89. The number of nitrogens with zero attached hydrogens (tertiary/aromatic N) is 3. The van der Waals surface area contributed by atoms with Crippen molar-refractivity contribution in [2.45, 2.75) is 31.5 Å². The molecule has 0 aliphatic rings. The van der Waals surface area contributed by atoms with Gasteiger partial charge in [-0.1, -0.05) is 0 Å². The van der Waals surface area contributed by atoms with Gasteiger partial charge in [-0.2, -0.15) is 0 Å². The number of thiophene rings is 1. The molecule has 0 amide bonds. The fourth-order valence-corrected chi connectivity index (χ4v) is 4.21. The van der Waals surface area contributed by atoms with Gasteiger partial charge >= 0.3 is 0 Å². The van der Waals surface area contributed by atoms with E-state index in [4.69, 9.17) is 0 Å². The molecule has 0 radical (unpaired) electrons. The molecule has 2 rings (SSSR count). The SMILES string of the molecule is CCn1cnnc1CNS(=O)(=O)c1ccsc1CNC. The Morgan fingerprint density at radius 2 is 2.20 bits per heavy atom. The van der Waals surface area contributed by atoms with E-state index in [1.54, 1.807) is 29.4 Å². The number of hydrogen-bond donors (Lipinski definition) is 2. The van der Waals surface area contributed by atoms with Gasteiger partial charge in [0.05, 0.1) is 11.4 Å². The number of aromatic nitrogens is 3. The van der Waals surface area contributed by atoms with E-state index < -0.39 is 10.0 Å². The number of hydrogen-bond acceptors (Lipinski definition) is 6. The maximum atomic E-state index is 12.3. The number of rotatable bonds is 7. The monoisotopic (exact) mass is 315 g/mol. The average molecular weight is 315 g/mol. The molecule has 2 aromatic rings. The van der Waals surface area contributed by atoms with Crippen LogP contribution in [0.15, 0.2) is 22.7 Å². The molecule has 110 valence electrons. The van der Waals surface area contributed by atoms with E-state index in [0.29, 0.717) is 23.8 Å². The van der Waals surface area contributed by atoms with E-state index in [2.05, 4.69) is 20.2 Å². The van der Waals surface area contributed by atoms with Crippen LogP contribution in [0.2, 0.25) is 0 Å². The summed E-state index contributed by atoms with van der Waals surface area (Å²) < 4.78 is 28.9. The van der Waals surface area contributed by atoms with E-state index in [-0.39, 0.29) is 6.54 Å². The molecule has 0 unspecified atom stereocenters. The van der Waals surface area contributed by atoms with Gasteiger partial charge in [-0.15, -0.1) is 21.5 Å². The first-order chi connectivity index (χ1) is 9.58. The molecule has 0 aromatic carbocycles. The molecular weight excluding hydrogens is 298 g/mol. The van der Waals surface area contributed by atoms with Crippen LogP contribution in [0.3, 0.4) is 0 Å². The summed E-state index contributed by atoms with van der Waals surface area (Å²) in [5.74, 6) is 0.599. The molecule has 0 atom stereocenters. The average Bonchev–Trinajstić information content (AvgIpc) is 3.05. The molecule has 2 aromatic heterocycles. The van der Waals surface area contributed by atoms with Crippen molar-refractivity contribution in [3.8, 4) is 0 Å². The zero-order valence-corrected chi connectivity index (χ0v) is 13.0. The lowest BCUT2D eigenvalue weighted by atomic mass is 10.5. The van der Waals surface area contributed by atoms with Gasteiger partial charge in [0.2, 0.25) is 10.0 Å². The van der Waals surface area contributed by atoms with Gasteiger partial charge in [-0.3, -0.25) is 0 Å². The van der Waals surface area contributed by atoms with Crippen LogP contribution in [0, 0.1) is 0 Å².